The molecule has 0 aliphatic rings. The van der Waals surface area contributed by atoms with Crippen molar-refractivity contribution in [1.29, 1.82) is 0 Å². The molecule has 0 saturated heterocycles. The maximum absolute atomic E-state index is 2.42. The number of thiophene rings is 1. The molecule has 13 rings (SSSR count). The van der Waals surface area contributed by atoms with E-state index in [1.54, 1.807) is 0 Å². The van der Waals surface area contributed by atoms with Crippen LogP contribution in [0.3, 0.4) is 0 Å². The monoisotopic (exact) mass is 855 g/mol. The molecular formula is C64H41NS. The van der Waals surface area contributed by atoms with Crippen LogP contribution in [-0.4, -0.2) is 0 Å². The largest absolute Gasteiger partial charge is 0.310 e. The zero-order chi connectivity index (χ0) is 43.6. The van der Waals surface area contributed by atoms with E-state index < -0.39 is 0 Å². The number of benzene rings is 12. The third-order valence-corrected chi connectivity index (χ3v) is 14.6. The minimum Gasteiger partial charge on any atom is -0.310 e. The Bertz CT molecular complexity index is 3950. The molecule has 0 bridgehead atoms. The van der Waals surface area contributed by atoms with E-state index >= 15 is 0 Å². The van der Waals surface area contributed by atoms with Crippen LogP contribution in [-0.2, 0) is 0 Å². The molecule has 308 valence electrons. The topological polar surface area (TPSA) is 3.24 Å². The van der Waals surface area contributed by atoms with E-state index in [1.165, 1.54) is 102 Å². The zero-order valence-corrected chi connectivity index (χ0v) is 36.8. The van der Waals surface area contributed by atoms with Gasteiger partial charge in [-0.15, -0.1) is 11.3 Å². The van der Waals surface area contributed by atoms with Gasteiger partial charge < -0.3 is 4.90 Å². The average Bonchev–Trinajstić information content (AvgIpc) is 3.77. The Labute approximate surface area is 387 Å². The van der Waals surface area contributed by atoms with Gasteiger partial charge in [0.15, 0.2) is 0 Å². The second-order valence-corrected chi connectivity index (χ2v) is 18.3. The second-order valence-electron chi connectivity index (χ2n) is 17.2. The highest BCUT2D eigenvalue weighted by Gasteiger charge is 2.19. The van der Waals surface area contributed by atoms with Crippen LogP contribution in [0.25, 0.3) is 108 Å². The van der Waals surface area contributed by atoms with Crippen LogP contribution in [0.4, 0.5) is 17.1 Å². The van der Waals surface area contributed by atoms with Gasteiger partial charge in [-0.2, -0.15) is 0 Å². The quantitative estimate of drug-likeness (QED) is 0.144. The molecule has 0 saturated carbocycles. The van der Waals surface area contributed by atoms with E-state index in [0.717, 1.165) is 22.6 Å². The summed E-state index contributed by atoms with van der Waals surface area (Å²) in [5.41, 5.74) is 12.9. The fraction of sp³-hybridized carbons (Fsp3) is 0. The standard InChI is InChI=1S/C64H41NS/c1-2-17-51-44(13-1)14-12-24-52(51)47-15-11-16-48(39-47)53-18-7-9-25-62(53)65(50-35-29-43(30-36-50)46-32-38-60-59-23-8-10-26-63(59)66-64(60)41-46)49-33-27-42(28-34-49)45-31-37-58-56-21-4-3-19-54(56)55-20-5-6-22-57(55)61(58)40-45/h1-41H. The summed E-state index contributed by atoms with van der Waals surface area (Å²) in [6.07, 6.45) is 0. The number of hydrogen-bond donors (Lipinski definition) is 0. The lowest BCUT2D eigenvalue weighted by Crippen LogP contribution is -2.11. The number of fused-ring (bicyclic) bond motifs is 10. The number of hydrogen-bond acceptors (Lipinski definition) is 2. The van der Waals surface area contributed by atoms with Gasteiger partial charge in [0.1, 0.15) is 0 Å². The third-order valence-electron chi connectivity index (χ3n) is 13.5. The fourth-order valence-electron chi connectivity index (χ4n) is 10.3. The summed E-state index contributed by atoms with van der Waals surface area (Å²) in [5.74, 6) is 0. The van der Waals surface area contributed by atoms with Crippen molar-refractivity contribution in [2.24, 2.45) is 0 Å². The second kappa shape index (κ2) is 15.7. The predicted molar refractivity (Wildman–Crippen MR) is 286 cm³/mol. The highest BCUT2D eigenvalue weighted by molar-refractivity contribution is 7.25. The molecule has 0 N–H and O–H groups in total. The van der Waals surface area contributed by atoms with E-state index in [9.17, 15) is 0 Å². The summed E-state index contributed by atoms with van der Waals surface area (Å²) >= 11 is 1.86. The summed E-state index contributed by atoms with van der Waals surface area (Å²) in [6, 6.07) is 91.5. The Hall–Kier alpha value is -8.30. The lowest BCUT2D eigenvalue weighted by atomic mass is 9.92. The van der Waals surface area contributed by atoms with Crippen molar-refractivity contribution < 1.29 is 0 Å². The van der Waals surface area contributed by atoms with Crippen LogP contribution < -0.4 is 4.90 Å². The Kier molecular flexibility index (Phi) is 9.11. The molecule has 0 aliphatic carbocycles. The maximum atomic E-state index is 2.42. The summed E-state index contributed by atoms with van der Waals surface area (Å²) < 4.78 is 2.64. The number of rotatable bonds is 7. The lowest BCUT2D eigenvalue weighted by Gasteiger charge is -2.28. The summed E-state index contributed by atoms with van der Waals surface area (Å²) in [4.78, 5) is 2.42. The molecule has 2 heteroatoms. The third kappa shape index (κ3) is 6.45. The van der Waals surface area contributed by atoms with Gasteiger partial charge in [-0.25, -0.2) is 0 Å². The number of anilines is 3. The van der Waals surface area contributed by atoms with Crippen LogP contribution in [0.5, 0.6) is 0 Å². The average molecular weight is 856 g/mol. The molecule has 0 radical (unpaired) electrons. The van der Waals surface area contributed by atoms with Crippen molar-refractivity contribution in [3.8, 4) is 44.5 Å². The van der Waals surface area contributed by atoms with Crippen molar-refractivity contribution in [2.75, 3.05) is 4.90 Å². The van der Waals surface area contributed by atoms with E-state index in [-0.39, 0.29) is 0 Å². The number of nitrogens with zero attached hydrogens (tertiary/aromatic N) is 1. The number of para-hydroxylation sites is 1. The summed E-state index contributed by atoms with van der Waals surface area (Å²) in [7, 11) is 0. The zero-order valence-electron chi connectivity index (χ0n) is 36.0. The van der Waals surface area contributed by atoms with E-state index in [0.29, 0.717) is 0 Å². The van der Waals surface area contributed by atoms with Gasteiger partial charge >= 0.3 is 0 Å². The Balaban J connectivity index is 0.928. The maximum Gasteiger partial charge on any atom is 0.0540 e. The smallest absolute Gasteiger partial charge is 0.0540 e. The molecule has 0 spiro atoms. The lowest BCUT2D eigenvalue weighted by molar-refractivity contribution is 1.28. The molecule has 0 fully saturated rings. The van der Waals surface area contributed by atoms with Gasteiger partial charge in [0.05, 0.1) is 5.69 Å². The van der Waals surface area contributed by atoms with Gasteiger partial charge in [-0.1, -0.05) is 194 Å². The van der Waals surface area contributed by atoms with Crippen molar-refractivity contribution in [3.63, 3.8) is 0 Å². The first-order valence-corrected chi connectivity index (χ1v) is 23.5. The van der Waals surface area contributed by atoms with Gasteiger partial charge in [0, 0.05) is 37.1 Å². The Morgan fingerprint density at radius 2 is 0.697 bits per heavy atom. The van der Waals surface area contributed by atoms with Gasteiger partial charge in [0.25, 0.3) is 0 Å². The van der Waals surface area contributed by atoms with Crippen LogP contribution >= 0.6 is 11.3 Å². The van der Waals surface area contributed by atoms with Crippen molar-refractivity contribution in [1.82, 2.24) is 0 Å². The SMILES string of the molecule is c1cc(-c2ccccc2N(c2ccc(-c3ccc4c(c3)sc3ccccc34)cc2)c2ccc(-c3ccc4c5ccccc5c5ccccc5c4c3)cc2)cc(-c2cccc3ccccc23)c1. The minimum atomic E-state index is 1.09. The molecule has 1 aromatic heterocycles. The molecule has 1 heterocycles. The van der Waals surface area contributed by atoms with E-state index in [4.69, 9.17) is 0 Å². The van der Waals surface area contributed by atoms with E-state index in [2.05, 4.69) is 254 Å². The Morgan fingerprint density at radius 3 is 1.39 bits per heavy atom. The highest BCUT2D eigenvalue weighted by Crippen LogP contribution is 2.44. The predicted octanol–water partition coefficient (Wildman–Crippen LogP) is 18.8. The van der Waals surface area contributed by atoms with Crippen LogP contribution in [0.2, 0.25) is 0 Å². The first kappa shape index (κ1) is 38.2. The molecule has 0 amide bonds. The molecule has 0 aliphatic heterocycles. The molecular weight excluding hydrogens is 815 g/mol. The van der Waals surface area contributed by atoms with Crippen LogP contribution in [0.15, 0.2) is 249 Å². The molecule has 0 atom stereocenters. The molecule has 0 unspecified atom stereocenters. The first-order valence-electron chi connectivity index (χ1n) is 22.7. The van der Waals surface area contributed by atoms with Crippen molar-refractivity contribution in [3.05, 3.63) is 249 Å². The van der Waals surface area contributed by atoms with Crippen molar-refractivity contribution in [2.45, 2.75) is 0 Å². The minimum absolute atomic E-state index is 1.09. The molecule has 66 heavy (non-hydrogen) atoms. The fourth-order valence-corrected chi connectivity index (χ4v) is 11.4. The van der Waals surface area contributed by atoms with Crippen LogP contribution in [0.1, 0.15) is 0 Å². The normalized spacial score (nSPS) is 11.6. The summed E-state index contributed by atoms with van der Waals surface area (Å²) in [5, 5.41) is 12.9. The van der Waals surface area contributed by atoms with Crippen LogP contribution in [0, 0.1) is 0 Å². The summed E-state index contributed by atoms with van der Waals surface area (Å²) in [6.45, 7) is 0. The van der Waals surface area contributed by atoms with Crippen molar-refractivity contribution >= 4 is 91.7 Å². The molecule has 13 aromatic rings. The van der Waals surface area contributed by atoms with E-state index in [1.807, 2.05) is 11.3 Å². The van der Waals surface area contributed by atoms with Gasteiger partial charge in [-0.3, -0.25) is 0 Å². The molecule has 12 aromatic carbocycles. The van der Waals surface area contributed by atoms with Gasteiger partial charge in [-0.05, 0) is 137 Å². The van der Waals surface area contributed by atoms with Gasteiger partial charge in [0.2, 0.25) is 0 Å². The first-order chi connectivity index (χ1) is 32.7. The molecule has 1 nitrogen and oxygen atoms in total. The highest BCUT2D eigenvalue weighted by atomic mass is 32.1. The Morgan fingerprint density at radius 1 is 0.242 bits per heavy atom.